The van der Waals surface area contributed by atoms with Crippen LogP contribution in [0.15, 0.2) is 58.8 Å². The average Bonchev–Trinajstić information content (AvgIpc) is 3.43. The fraction of sp³-hybridized carbons (Fsp3) is 0.333. The van der Waals surface area contributed by atoms with Gasteiger partial charge in [-0.15, -0.1) is 16.9 Å². The van der Waals surface area contributed by atoms with Crippen LogP contribution in [-0.2, 0) is 6.42 Å². The van der Waals surface area contributed by atoms with Crippen molar-refractivity contribution in [3.8, 4) is 11.3 Å². The van der Waals surface area contributed by atoms with Crippen molar-refractivity contribution in [1.82, 2.24) is 19.5 Å². The first-order valence-electron chi connectivity index (χ1n) is 9.70. The van der Waals surface area contributed by atoms with Crippen molar-refractivity contribution < 1.29 is 0 Å². The first kappa shape index (κ1) is 18.1. The smallest absolute Gasteiger partial charge is 0.105 e. The van der Waals surface area contributed by atoms with Gasteiger partial charge in [0.1, 0.15) is 5.69 Å². The molecule has 5 nitrogen and oxygen atoms in total. The van der Waals surface area contributed by atoms with Gasteiger partial charge in [-0.05, 0) is 35.6 Å². The number of rotatable bonds is 5. The molecule has 28 heavy (non-hydrogen) atoms. The first-order valence-corrected chi connectivity index (χ1v) is 11.5. The number of aromatic nitrogens is 2. The molecule has 3 aromatic rings. The number of hydrogen-bond acceptors (Lipinski definition) is 7. The maximum absolute atomic E-state index is 4.14. The van der Waals surface area contributed by atoms with Gasteiger partial charge in [0, 0.05) is 48.6 Å². The molecule has 0 radical (unpaired) electrons. The number of para-hydroxylation sites is 1. The van der Waals surface area contributed by atoms with E-state index in [2.05, 4.69) is 73.0 Å². The minimum Gasteiger partial charge on any atom is -0.300 e. The van der Waals surface area contributed by atoms with E-state index < -0.39 is 0 Å². The van der Waals surface area contributed by atoms with Crippen molar-refractivity contribution in [2.24, 2.45) is 0 Å². The lowest BCUT2D eigenvalue weighted by Crippen LogP contribution is -2.53. The van der Waals surface area contributed by atoms with Gasteiger partial charge in [-0.25, -0.2) is 5.01 Å². The second-order valence-corrected chi connectivity index (χ2v) is 8.77. The maximum atomic E-state index is 4.14. The van der Waals surface area contributed by atoms with E-state index in [0.717, 1.165) is 56.3 Å². The van der Waals surface area contributed by atoms with Crippen LogP contribution in [0.2, 0.25) is 0 Å². The van der Waals surface area contributed by atoms with Crippen LogP contribution in [0.25, 0.3) is 11.3 Å². The van der Waals surface area contributed by atoms with E-state index in [0.29, 0.717) is 0 Å². The van der Waals surface area contributed by atoms with Crippen LogP contribution in [-0.4, -0.2) is 58.1 Å². The molecule has 7 heteroatoms. The Bertz CT molecular complexity index is 905. The third kappa shape index (κ3) is 3.80. The summed E-state index contributed by atoms with van der Waals surface area (Å²) < 4.78 is 3.94. The molecular weight excluding hydrogens is 386 g/mol. The highest BCUT2D eigenvalue weighted by atomic mass is 32.2. The number of nitrogens with zero attached hydrogens (tertiary/aromatic N) is 5. The zero-order chi connectivity index (χ0) is 18.8. The Morgan fingerprint density at radius 2 is 1.75 bits per heavy atom. The molecule has 144 valence electrons. The Labute approximate surface area is 174 Å². The van der Waals surface area contributed by atoms with E-state index in [9.17, 15) is 0 Å². The first-order chi connectivity index (χ1) is 13.9. The van der Waals surface area contributed by atoms with Gasteiger partial charge in [0.15, 0.2) is 0 Å². The molecule has 2 aliphatic heterocycles. The lowest BCUT2D eigenvalue weighted by Gasteiger charge is -2.40. The zero-order valence-electron chi connectivity index (χ0n) is 15.7. The standard InChI is InChI=1S/C21H23N5S2/c1-2-4-21-20(3-1)26(16-27-21)25-13-11-24(12-14-25)10-9-17-5-7-18(8-6-17)19-15-28-23-22-19/h1-8,15H,9-14,16H2. The average molecular weight is 410 g/mol. The molecule has 1 saturated heterocycles. The van der Waals surface area contributed by atoms with E-state index in [4.69, 9.17) is 0 Å². The second kappa shape index (κ2) is 8.21. The van der Waals surface area contributed by atoms with Gasteiger partial charge >= 0.3 is 0 Å². The highest BCUT2D eigenvalue weighted by Gasteiger charge is 2.27. The van der Waals surface area contributed by atoms with Crippen molar-refractivity contribution in [3.63, 3.8) is 0 Å². The Morgan fingerprint density at radius 1 is 0.929 bits per heavy atom. The predicted octanol–water partition coefficient (Wildman–Crippen LogP) is 3.85. The Balaban J connectivity index is 1.12. The topological polar surface area (TPSA) is 35.5 Å². The summed E-state index contributed by atoms with van der Waals surface area (Å²) >= 11 is 3.34. The Hall–Kier alpha value is -1.93. The van der Waals surface area contributed by atoms with Crippen LogP contribution in [0.3, 0.4) is 0 Å². The molecule has 0 bridgehead atoms. The minimum atomic E-state index is 0.967. The molecule has 0 amide bonds. The summed E-state index contributed by atoms with van der Waals surface area (Å²) in [6.07, 6.45) is 1.10. The molecule has 1 aromatic heterocycles. The van der Waals surface area contributed by atoms with Gasteiger partial charge in [0.2, 0.25) is 0 Å². The fourth-order valence-electron chi connectivity index (χ4n) is 3.85. The molecule has 0 aliphatic carbocycles. The number of anilines is 1. The van der Waals surface area contributed by atoms with E-state index in [-0.39, 0.29) is 0 Å². The summed E-state index contributed by atoms with van der Waals surface area (Å²) in [5.74, 6) is 1.04. The van der Waals surface area contributed by atoms with E-state index in [1.807, 2.05) is 17.1 Å². The third-order valence-corrected chi connectivity index (χ3v) is 7.04. The highest BCUT2D eigenvalue weighted by Crippen LogP contribution is 2.39. The quantitative estimate of drug-likeness (QED) is 0.637. The summed E-state index contributed by atoms with van der Waals surface area (Å²) in [6.45, 7) is 5.59. The second-order valence-electron chi connectivity index (χ2n) is 7.17. The SMILES string of the molecule is c1ccc2c(c1)SCN2N1CCN(CCc2ccc(-c3csnn3)cc2)CC1. The summed E-state index contributed by atoms with van der Waals surface area (Å²) in [5, 5.41) is 11.1. The third-order valence-electron chi connectivity index (χ3n) is 5.50. The van der Waals surface area contributed by atoms with Gasteiger partial charge in [0.25, 0.3) is 0 Å². The highest BCUT2D eigenvalue weighted by molar-refractivity contribution is 7.99. The van der Waals surface area contributed by atoms with Gasteiger partial charge in [0.05, 0.1) is 11.6 Å². The normalized spacial score (nSPS) is 17.8. The van der Waals surface area contributed by atoms with E-state index >= 15 is 0 Å². The van der Waals surface area contributed by atoms with E-state index in [1.165, 1.54) is 27.7 Å². The molecule has 2 aromatic carbocycles. The van der Waals surface area contributed by atoms with Crippen LogP contribution in [0.1, 0.15) is 5.56 Å². The molecular formula is C21H23N5S2. The van der Waals surface area contributed by atoms with Crippen LogP contribution in [0, 0.1) is 0 Å². The number of benzene rings is 2. The molecule has 3 heterocycles. The molecule has 0 N–H and O–H groups in total. The summed E-state index contributed by atoms with van der Waals surface area (Å²) in [6, 6.07) is 17.5. The summed E-state index contributed by atoms with van der Waals surface area (Å²) in [4.78, 5) is 3.99. The van der Waals surface area contributed by atoms with Crippen molar-refractivity contribution >= 4 is 29.0 Å². The van der Waals surface area contributed by atoms with Crippen LogP contribution in [0.5, 0.6) is 0 Å². The lowest BCUT2D eigenvalue weighted by atomic mass is 10.1. The Kier molecular flexibility index (Phi) is 5.31. The van der Waals surface area contributed by atoms with Crippen molar-refractivity contribution in [2.45, 2.75) is 11.3 Å². The van der Waals surface area contributed by atoms with E-state index in [1.54, 1.807) is 0 Å². The summed E-state index contributed by atoms with van der Waals surface area (Å²) in [5.41, 5.74) is 4.87. The van der Waals surface area contributed by atoms with Gasteiger partial charge < -0.3 is 4.90 Å². The van der Waals surface area contributed by atoms with Crippen molar-refractivity contribution in [2.75, 3.05) is 43.6 Å². The van der Waals surface area contributed by atoms with Crippen molar-refractivity contribution in [1.29, 1.82) is 0 Å². The molecule has 0 unspecified atom stereocenters. The molecule has 0 atom stereocenters. The number of fused-ring (bicyclic) bond motifs is 1. The minimum absolute atomic E-state index is 0.967. The van der Waals surface area contributed by atoms with Crippen LogP contribution >= 0.6 is 23.3 Å². The predicted molar refractivity (Wildman–Crippen MR) is 117 cm³/mol. The molecule has 0 saturated carbocycles. The zero-order valence-corrected chi connectivity index (χ0v) is 17.3. The van der Waals surface area contributed by atoms with Crippen LogP contribution in [0.4, 0.5) is 5.69 Å². The van der Waals surface area contributed by atoms with Gasteiger partial charge in [-0.2, -0.15) is 0 Å². The lowest BCUT2D eigenvalue weighted by molar-refractivity contribution is 0.127. The number of piperazine rings is 1. The molecule has 0 spiro atoms. The number of hydrogen-bond donors (Lipinski definition) is 0. The van der Waals surface area contributed by atoms with Crippen LogP contribution < -0.4 is 5.01 Å². The maximum Gasteiger partial charge on any atom is 0.105 e. The Morgan fingerprint density at radius 3 is 2.54 bits per heavy atom. The number of hydrazine groups is 1. The largest absolute Gasteiger partial charge is 0.300 e. The monoisotopic (exact) mass is 409 g/mol. The molecule has 2 aliphatic rings. The molecule has 5 rings (SSSR count). The van der Waals surface area contributed by atoms with Gasteiger partial charge in [-0.1, -0.05) is 40.9 Å². The van der Waals surface area contributed by atoms with Crippen molar-refractivity contribution in [3.05, 3.63) is 59.5 Å². The fourth-order valence-corrected chi connectivity index (χ4v) is 5.37. The number of thioether (sulfide) groups is 1. The van der Waals surface area contributed by atoms with Gasteiger partial charge in [-0.3, -0.25) is 5.01 Å². The summed E-state index contributed by atoms with van der Waals surface area (Å²) in [7, 11) is 0. The molecule has 1 fully saturated rings.